The number of rotatable bonds is 2. The zero-order valence-electron chi connectivity index (χ0n) is 14.2. The largest absolute Gasteiger partial charge is 0.394 e. The lowest BCUT2D eigenvalue weighted by Crippen LogP contribution is -2.23. The average Bonchev–Trinajstić information content (AvgIpc) is 2.53. The summed E-state index contributed by atoms with van der Waals surface area (Å²) in [5.74, 6) is 0.361. The molecule has 3 N–H and O–H groups in total. The van der Waals surface area contributed by atoms with E-state index in [9.17, 15) is 9.90 Å². The van der Waals surface area contributed by atoms with Crippen LogP contribution in [0.1, 0.15) is 47.2 Å². The Labute approximate surface area is 131 Å². The van der Waals surface area contributed by atoms with E-state index in [4.69, 9.17) is 5.73 Å². The molecule has 0 radical (unpaired) electrons. The molecule has 22 heavy (non-hydrogen) atoms. The quantitative estimate of drug-likeness (QED) is 0.889. The van der Waals surface area contributed by atoms with Crippen molar-refractivity contribution in [1.82, 2.24) is 14.5 Å². The Morgan fingerprint density at radius 2 is 1.73 bits per heavy atom. The van der Waals surface area contributed by atoms with Gasteiger partial charge in [-0.05, 0) is 26.0 Å². The van der Waals surface area contributed by atoms with Crippen LogP contribution in [0.2, 0.25) is 0 Å². The molecule has 0 fully saturated rings. The van der Waals surface area contributed by atoms with Gasteiger partial charge < -0.3 is 10.8 Å². The fourth-order valence-electron chi connectivity index (χ4n) is 1.45. The van der Waals surface area contributed by atoms with Crippen LogP contribution in [0.25, 0.3) is 5.82 Å². The van der Waals surface area contributed by atoms with Gasteiger partial charge in [0.15, 0.2) is 5.82 Å². The summed E-state index contributed by atoms with van der Waals surface area (Å²) in [4.78, 5) is 20.0. The fraction of sp³-hybridized carbons (Fsp3) is 0.438. The second-order valence-corrected chi connectivity index (χ2v) is 4.46. The molecule has 0 saturated carbocycles. The Morgan fingerprint density at radius 3 is 2.18 bits per heavy atom. The Kier molecular flexibility index (Phi) is 8.04. The van der Waals surface area contributed by atoms with E-state index in [2.05, 4.69) is 9.97 Å². The number of nitrogens with two attached hydrogens (primary N) is 1. The predicted octanol–water partition coefficient (Wildman–Crippen LogP) is 2.49. The van der Waals surface area contributed by atoms with Gasteiger partial charge in [0.25, 0.3) is 5.56 Å². The summed E-state index contributed by atoms with van der Waals surface area (Å²) < 4.78 is 1.30. The van der Waals surface area contributed by atoms with Gasteiger partial charge in [0.2, 0.25) is 0 Å². The number of anilines is 1. The summed E-state index contributed by atoms with van der Waals surface area (Å²) in [6.07, 6.45) is 4.42. The van der Waals surface area contributed by atoms with Crippen LogP contribution in [-0.2, 0) is 5.60 Å². The van der Waals surface area contributed by atoms with Gasteiger partial charge in [0.05, 0.1) is 23.8 Å². The maximum absolute atomic E-state index is 11.8. The lowest BCUT2D eigenvalue weighted by atomic mass is 10.1. The molecule has 6 nitrogen and oxygen atoms in total. The van der Waals surface area contributed by atoms with Crippen molar-refractivity contribution in [1.29, 1.82) is 0 Å². The van der Waals surface area contributed by atoms with Gasteiger partial charge >= 0.3 is 0 Å². The first-order valence-corrected chi connectivity index (χ1v) is 7.42. The van der Waals surface area contributed by atoms with Crippen LogP contribution in [-0.4, -0.2) is 19.6 Å². The van der Waals surface area contributed by atoms with E-state index >= 15 is 0 Å². The molecular formula is C16H26N4O2. The minimum absolute atomic E-state index is 0.144. The van der Waals surface area contributed by atoms with Gasteiger partial charge in [0, 0.05) is 6.20 Å². The summed E-state index contributed by atoms with van der Waals surface area (Å²) in [5, 5.41) is 9.76. The Balaban J connectivity index is 0.00000102. The molecule has 0 amide bonds. The third-order valence-electron chi connectivity index (χ3n) is 2.49. The van der Waals surface area contributed by atoms with Gasteiger partial charge in [-0.25, -0.2) is 4.98 Å². The standard InChI is InChI=1S/C12H14N4O2.2C2H6/c1-12(2,18)9-6-15-10(7-14-9)16-5-3-4-8(13)11(16)17;2*1-2/h3-7,18H,13H2,1-2H3;2*1-2H3. The molecule has 0 aliphatic heterocycles. The fourth-order valence-corrected chi connectivity index (χ4v) is 1.45. The van der Waals surface area contributed by atoms with Crippen molar-refractivity contribution in [2.75, 3.05) is 5.73 Å². The summed E-state index contributed by atoms with van der Waals surface area (Å²) in [5.41, 5.74) is 4.71. The molecular weight excluding hydrogens is 280 g/mol. The maximum Gasteiger partial charge on any atom is 0.279 e. The summed E-state index contributed by atoms with van der Waals surface area (Å²) in [7, 11) is 0. The van der Waals surface area contributed by atoms with Crippen LogP contribution >= 0.6 is 0 Å². The van der Waals surface area contributed by atoms with Crippen LogP contribution in [0, 0.1) is 0 Å². The van der Waals surface area contributed by atoms with Crippen LogP contribution < -0.4 is 11.3 Å². The summed E-state index contributed by atoms with van der Waals surface area (Å²) in [6, 6.07) is 3.18. The second-order valence-electron chi connectivity index (χ2n) is 4.46. The summed E-state index contributed by atoms with van der Waals surface area (Å²) in [6.45, 7) is 11.2. The van der Waals surface area contributed by atoms with Crippen LogP contribution in [0.5, 0.6) is 0 Å². The van der Waals surface area contributed by atoms with Crippen LogP contribution in [0.3, 0.4) is 0 Å². The lowest BCUT2D eigenvalue weighted by molar-refractivity contribution is 0.0734. The Bertz CT molecular complexity index is 613. The van der Waals surface area contributed by atoms with Crippen molar-refractivity contribution in [3.63, 3.8) is 0 Å². The molecule has 0 atom stereocenters. The molecule has 0 unspecified atom stereocenters. The highest BCUT2D eigenvalue weighted by Gasteiger charge is 2.18. The molecule has 0 aromatic carbocycles. The van der Waals surface area contributed by atoms with Gasteiger partial charge in [-0.3, -0.25) is 14.3 Å². The average molecular weight is 306 g/mol. The number of nitrogens with zero attached hydrogens (tertiary/aromatic N) is 3. The third-order valence-corrected chi connectivity index (χ3v) is 2.49. The number of aliphatic hydroxyl groups is 1. The Morgan fingerprint density at radius 1 is 1.14 bits per heavy atom. The number of nitrogen functional groups attached to an aromatic ring is 1. The molecule has 0 spiro atoms. The van der Waals surface area contributed by atoms with Crippen molar-refractivity contribution >= 4 is 5.69 Å². The molecule has 2 heterocycles. The SMILES string of the molecule is CC.CC.CC(C)(O)c1cnc(-n2cccc(N)c2=O)cn1. The molecule has 122 valence electrons. The van der Waals surface area contributed by atoms with Crippen molar-refractivity contribution < 1.29 is 5.11 Å². The molecule has 2 rings (SSSR count). The van der Waals surface area contributed by atoms with E-state index in [1.165, 1.54) is 23.0 Å². The molecule has 0 aliphatic rings. The first-order valence-electron chi connectivity index (χ1n) is 7.42. The monoisotopic (exact) mass is 306 g/mol. The highest BCUT2D eigenvalue weighted by molar-refractivity contribution is 5.37. The highest BCUT2D eigenvalue weighted by Crippen LogP contribution is 2.16. The highest BCUT2D eigenvalue weighted by atomic mass is 16.3. The van der Waals surface area contributed by atoms with E-state index in [0.29, 0.717) is 11.5 Å². The topological polar surface area (TPSA) is 94.0 Å². The number of hydrogen-bond acceptors (Lipinski definition) is 5. The maximum atomic E-state index is 11.8. The van der Waals surface area contributed by atoms with Crippen molar-refractivity contribution in [2.45, 2.75) is 47.1 Å². The third kappa shape index (κ3) is 4.96. The van der Waals surface area contributed by atoms with Gasteiger partial charge in [0.1, 0.15) is 5.60 Å². The molecule has 2 aromatic rings. The van der Waals surface area contributed by atoms with E-state index in [1.54, 1.807) is 26.1 Å². The smallest absolute Gasteiger partial charge is 0.279 e. The zero-order chi connectivity index (χ0) is 17.3. The van der Waals surface area contributed by atoms with Gasteiger partial charge in [-0.1, -0.05) is 27.7 Å². The Hall–Kier alpha value is -2.21. The minimum Gasteiger partial charge on any atom is -0.394 e. The minimum atomic E-state index is -1.06. The van der Waals surface area contributed by atoms with E-state index < -0.39 is 5.60 Å². The lowest BCUT2D eigenvalue weighted by Gasteiger charge is -2.16. The second kappa shape index (κ2) is 8.94. The van der Waals surface area contributed by atoms with E-state index in [1.807, 2.05) is 27.7 Å². The molecule has 2 aromatic heterocycles. The number of pyridine rings is 1. The first kappa shape index (κ1) is 19.8. The van der Waals surface area contributed by atoms with Gasteiger partial charge in [-0.15, -0.1) is 0 Å². The van der Waals surface area contributed by atoms with Gasteiger partial charge in [-0.2, -0.15) is 0 Å². The van der Waals surface area contributed by atoms with Crippen LogP contribution in [0.15, 0.2) is 35.5 Å². The number of aromatic nitrogens is 3. The number of hydrogen-bond donors (Lipinski definition) is 2. The molecule has 0 saturated heterocycles. The van der Waals surface area contributed by atoms with Crippen molar-refractivity contribution in [2.24, 2.45) is 0 Å². The van der Waals surface area contributed by atoms with Crippen molar-refractivity contribution in [3.8, 4) is 5.82 Å². The van der Waals surface area contributed by atoms with E-state index in [-0.39, 0.29) is 11.2 Å². The zero-order valence-corrected chi connectivity index (χ0v) is 14.2. The van der Waals surface area contributed by atoms with Crippen LogP contribution in [0.4, 0.5) is 5.69 Å². The molecule has 6 heteroatoms. The van der Waals surface area contributed by atoms with E-state index in [0.717, 1.165) is 0 Å². The molecule has 0 bridgehead atoms. The summed E-state index contributed by atoms with van der Waals surface area (Å²) >= 11 is 0. The predicted molar refractivity (Wildman–Crippen MR) is 90.0 cm³/mol. The molecule has 0 aliphatic carbocycles. The first-order chi connectivity index (χ1) is 10.4. The van der Waals surface area contributed by atoms with Crippen molar-refractivity contribution in [3.05, 3.63) is 46.8 Å². The normalized spacial score (nSPS) is 9.95.